The minimum absolute atomic E-state index is 0.108. The third kappa shape index (κ3) is 3.03. The molecule has 0 bridgehead atoms. The van der Waals surface area contributed by atoms with Crippen LogP contribution in [0.3, 0.4) is 0 Å². The standard InChI is InChI=1S/C18H18BrNO4/c1-24-11-18(17(22)23)6-7-20(10-18)16(21)13-3-2-12-4-5-15(19)9-14(12)8-13/h2-5,8-9H,6-7,10-11H2,1H3,(H,22,23). The molecule has 3 rings (SSSR count). The number of hydrogen-bond acceptors (Lipinski definition) is 3. The number of benzene rings is 2. The number of rotatable bonds is 4. The van der Waals surface area contributed by atoms with E-state index < -0.39 is 11.4 Å². The molecule has 2 aromatic rings. The molecular formula is C18H18BrNO4. The molecule has 1 atom stereocenters. The van der Waals surface area contributed by atoms with E-state index in [4.69, 9.17) is 4.74 Å². The maximum atomic E-state index is 12.8. The zero-order chi connectivity index (χ0) is 17.3. The molecule has 5 nitrogen and oxygen atoms in total. The Morgan fingerprint density at radius 3 is 2.71 bits per heavy atom. The first-order chi connectivity index (χ1) is 11.4. The number of hydrogen-bond donors (Lipinski definition) is 1. The van der Waals surface area contributed by atoms with Crippen LogP contribution in [-0.2, 0) is 9.53 Å². The number of carbonyl (C=O) groups is 2. The Balaban J connectivity index is 1.86. The molecule has 0 radical (unpaired) electrons. The molecule has 24 heavy (non-hydrogen) atoms. The van der Waals surface area contributed by atoms with Crippen molar-refractivity contribution in [1.29, 1.82) is 0 Å². The summed E-state index contributed by atoms with van der Waals surface area (Å²) in [4.78, 5) is 26.0. The lowest BCUT2D eigenvalue weighted by Gasteiger charge is -2.23. The van der Waals surface area contributed by atoms with Crippen molar-refractivity contribution in [2.75, 3.05) is 26.8 Å². The number of likely N-dealkylation sites (tertiary alicyclic amines) is 1. The maximum absolute atomic E-state index is 12.8. The number of carbonyl (C=O) groups excluding carboxylic acids is 1. The lowest BCUT2D eigenvalue weighted by Crippen LogP contribution is -2.40. The van der Waals surface area contributed by atoms with Crippen LogP contribution in [0.5, 0.6) is 0 Å². The average Bonchev–Trinajstić information content (AvgIpc) is 2.99. The number of ether oxygens (including phenoxy) is 1. The first-order valence-corrected chi connectivity index (χ1v) is 8.45. The molecule has 126 valence electrons. The van der Waals surface area contributed by atoms with Crippen molar-refractivity contribution in [2.24, 2.45) is 5.41 Å². The molecule has 2 aromatic carbocycles. The van der Waals surface area contributed by atoms with Gasteiger partial charge < -0.3 is 14.7 Å². The van der Waals surface area contributed by atoms with Gasteiger partial charge in [-0.3, -0.25) is 9.59 Å². The predicted molar refractivity (Wildman–Crippen MR) is 94.1 cm³/mol. The molecule has 1 fully saturated rings. The monoisotopic (exact) mass is 391 g/mol. The minimum atomic E-state index is -1.01. The van der Waals surface area contributed by atoms with Gasteiger partial charge in [0, 0.05) is 30.2 Å². The Hall–Kier alpha value is -1.92. The summed E-state index contributed by atoms with van der Waals surface area (Å²) in [5.41, 5.74) is -0.441. The van der Waals surface area contributed by atoms with E-state index in [0.29, 0.717) is 18.5 Å². The van der Waals surface area contributed by atoms with Crippen LogP contribution in [0.4, 0.5) is 0 Å². The van der Waals surface area contributed by atoms with Gasteiger partial charge in [0.2, 0.25) is 0 Å². The number of aliphatic carboxylic acids is 1. The zero-order valence-electron chi connectivity index (χ0n) is 13.3. The molecule has 1 amide bonds. The normalized spacial score (nSPS) is 20.5. The molecule has 0 saturated carbocycles. The summed E-state index contributed by atoms with van der Waals surface area (Å²) in [5, 5.41) is 11.5. The van der Waals surface area contributed by atoms with E-state index in [2.05, 4.69) is 15.9 Å². The summed E-state index contributed by atoms with van der Waals surface area (Å²) in [6.07, 6.45) is 0.404. The van der Waals surface area contributed by atoms with Gasteiger partial charge in [0.25, 0.3) is 5.91 Å². The molecule has 6 heteroatoms. The second-order valence-electron chi connectivity index (χ2n) is 6.20. The van der Waals surface area contributed by atoms with Crippen LogP contribution >= 0.6 is 15.9 Å². The van der Waals surface area contributed by atoms with Gasteiger partial charge in [0.05, 0.1) is 6.61 Å². The van der Waals surface area contributed by atoms with E-state index in [1.807, 2.05) is 30.3 Å². The molecule has 1 heterocycles. The SMILES string of the molecule is COCC1(C(=O)O)CCN(C(=O)c2ccc3ccc(Br)cc3c2)C1. The minimum Gasteiger partial charge on any atom is -0.481 e. The van der Waals surface area contributed by atoms with Crippen molar-refractivity contribution in [3.05, 3.63) is 46.4 Å². The molecule has 1 saturated heterocycles. The Kier molecular flexibility index (Phi) is 4.60. The van der Waals surface area contributed by atoms with E-state index in [9.17, 15) is 14.7 Å². The van der Waals surface area contributed by atoms with Gasteiger partial charge in [0.15, 0.2) is 0 Å². The number of carboxylic acids is 1. The van der Waals surface area contributed by atoms with Gasteiger partial charge in [-0.2, -0.15) is 0 Å². The summed E-state index contributed by atoms with van der Waals surface area (Å²) in [7, 11) is 1.48. The van der Waals surface area contributed by atoms with Crippen LogP contribution in [0.2, 0.25) is 0 Å². The van der Waals surface area contributed by atoms with Crippen LogP contribution in [0, 0.1) is 5.41 Å². The summed E-state index contributed by atoms with van der Waals surface area (Å²) < 4.78 is 6.02. The van der Waals surface area contributed by atoms with Crippen molar-refractivity contribution in [3.8, 4) is 0 Å². The third-order valence-corrected chi connectivity index (χ3v) is 5.06. The lowest BCUT2D eigenvalue weighted by atomic mass is 9.88. The van der Waals surface area contributed by atoms with Gasteiger partial charge in [0.1, 0.15) is 5.41 Å². The van der Waals surface area contributed by atoms with Gasteiger partial charge in [-0.25, -0.2) is 0 Å². The molecule has 1 N–H and O–H groups in total. The van der Waals surface area contributed by atoms with Crippen LogP contribution < -0.4 is 0 Å². The van der Waals surface area contributed by atoms with Crippen molar-refractivity contribution >= 4 is 38.6 Å². The fourth-order valence-corrected chi connectivity index (χ4v) is 3.59. The van der Waals surface area contributed by atoms with Crippen LogP contribution in [0.1, 0.15) is 16.8 Å². The highest BCUT2D eigenvalue weighted by molar-refractivity contribution is 9.10. The van der Waals surface area contributed by atoms with E-state index in [-0.39, 0.29) is 19.1 Å². The molecule has 1 unspecified atom stereocenters. The van der Waals surface area contributed by atoms with Crippen molar-refractivity contribution in [2.45, 2.75) is 6.42 Å². The summed E-state index contributed by atoms with van der Waals surface area (Å²) >= 11 is 3.43. The predicted octanol–water partition coefficient (Wildman–Crippen LogP) is 3.17. The topological polar surface area (TPSA) is 66.8 Å². The van der Waals surface area contributed by atoms with Gasteiger partial charge in [-0.1, -0.05) is 28.1 Å². The fourth-order valence-electron chi connectivity index (χ4n) is 3.21. The molecular weight excluding hydrogens is 374 g/mol. The van der Waals surface area contributed by atoms with Crippen LogP contribution in [0.25, 0.3) is 10.8 Å². The first kappa shape index (κ1) is 16.9. The lowest BCUT2D eigenvalue weighted by molar-refractivity contribution is -0.151. The number of fused-ring (bicyclic) bond motifs is 1. The van der Waals surface area contributed by atoms with E-state index >= 15 is 0 Å². The second-order valence-corrected chi connectivity index (χ2v) is 7.12. The Bertz CT molecular complexity index is 807. The van der Waals surface area contributed by atoms with E-state index in [1.165, 1.54) is 7.11 Å². The number of halogens is 1. The fraction of sp³-hybridized carbons (Fsp3) is 0.333. The molecule has 1 aliphatic heterocycles. The number of methoxy groups -OCH3 is 1. The number of carboxylic acid groups (broad SMARTS) is 1. The van der Waals surface area contributed by atoms with Gasteiger partial charge in [-0.05, 0) is 41.5 Å². The molecule has 1 aliphatic rings. The summed E-state index contributed by atoms with van der Waals surface area (Å²) in [5.74, 6) is -1.06. The Labute approximate surface area is 148 Å². The number of amides is 1. The second kappa shape index (κ2) is 6.53. The van der Waals surface area contributed by atoms with Crippen molar-refractivity contribution < 1.29 is 19.4 Å². The maximum Gasteiger partial charge on any atom is 0.313 e. The van der Waals surface area contributed by atoms with E-state index in [0.717, 1.165) is 15.2 Å². The van der Waals surface area contributed by atoms with Crippen molar-refractivity contribution in [3.63, 3.8) is 0 Å². The Morgan fingerprint density at radius 2 is 2.00 bits per heavy atom. The highest BCUT2D eigenvalue weighted by Crippen LogP contribution is 2.32. The van der Waals surface area contributed by atoms with Gasteiger partial charge in [-0.15, -0.1) is 0 Å². The molecule has 0 aliphatic carbocycles. The highest BCUT2D eigenvalue weighted by Gasteiger charge is 2.46. The largest absolute Gasteiger partial charge is 0.481 e. The summed E-state index contributed by atoms with van der Waals surface area (Å²) in [6.45, 7) is 0.702. The number of nitrogens with zero attached hydrogens (tertiary/aromatic N) is 1. The first-order valence-electron chi connectivity index (χ1n) is 7.66. The third-order valence-electron chi connectivity index (χ3n) is 4.56. The molecule has 0 aromatic heterocycles. The zero-order valence-corrected chi connectivity index (χ0v) is 14.9. The van der Waals surface area contributed by atoms with Crippen molar-refractivity contribution in [1.82, 2.24) is 4.90 Å². The highest BCUT2D eigenvalue weighted by atomic mass is 79.9. The van der Waals surface area contributed by atoms with Crippen LogP contribution in [0.15, 0.2) is 40.9 Å². The quantitative estimate of drug-likeness (QED) is 0.868. The summed E-state index contributed by atoms with van der Waals surface area (Å²) in [6, 6.07) is 11.4. The van der Waals surface area contributed by atoms with E-state index in [1.54, 1.807) is 11.0 Å². The molecule has 0 spiro atoms. The average molecular weight is 392 g/mol. The van der Waals surface area contributed by atoms with Crippen LogP contribution in [-0.4, -0.2) is 48.7 Å². The van der Waals surface area contributed by atoms with Gasteiger partial charge >= 0.3 is 5.97 Å². The smallest absolute Gasteiger partial charge is 0.313 e. The Morgan fingerprint density at radius 1 is 1.25 bits per heavy atom.